The van der Waals surface area contributed by atoms with Gasteiger partial charge in [0.1, 0.15) is 5.82 Å². The Labute approximate surface area is 147 Å². The second kappa shape index (κ2) is 6.73. The minimum absolute atomic E-state index is 0.105. The molecule has 0 aliphatic heterocycles. The van der Waals surface area contributed by atoms with Crippen LogP contribution in [0.2, 0.25) is 0 Å². The van der Waals surface area contributed by atoms with Crippen LogP contribution in [-0.4, -0.2) is 31.3 Å². The van der Waals surface area contributed by atoms with Crippen LogP contribution >= 0.6 is 0 Å². The average Bonchev–Trinajstić information content (AvgIpc) is 2.62. The minimum atomic E-state index is 0.105. The van der Waals surface area contributed by atoms with Gasteiger partial charge in [-0.1, -0.05) is 18.2 Å². The first-order valence-corrected chi connectivity index (χ1v) is 7.90. The largest absolute Gasteiger partial charge is 0.504 e. The Morgan fingerprint density at radius 1 is 1.00 bits per heavy atom. The molecule has 0 unspecified atom stereocenters. The molecule has 0 aliphatic rings. The summed E-state index contributed by atoms with van der Waals surface area (Å²) in [6.45, 7) is 0. The van der Waals surface area contributed by atoms with Crippen LogP contribution in [0.3, 0.4) is 0 Å². The highest BCUT2D eigenvalue weighted by Gasteiger charge is 2.10. The Bertz CT molecular complexity index is 907. The molecule has 5 heteroatoms. The average molecular weight is 335 g/mol. The molecular formula is C20H21N3O2. The smallest absolute Gasteiger partial charge is 0.161 e. The Balaban J connectivity index is 2.09. The normalized spacial score (nSPS) is 10.5. The van der Waals surface area contributed by atoms with Crippen LogP contribution in [-0.2, 0) is 0 Å². The number of phenolic OH excluding ortho intramolecular Hbond substituents is 1. The lowest BCUT2D eigenvalue weighted by atomic mass is 10.0. The first-order chi connectivity index (χ1) is 12.0. The third-order valence-corrected chi connectivity index (χ3v) is 4.11. The van der Waals surface area contributed by atoms with Crippen LogP contribution in [0.15, 0.2) is 54.7 Å². The van der Waals surface area contributed by atoms with Gasteiger partial charge in [-0.3, -0.25) is 0 Å². The molecule has 0 saturated heterocycles. The van der Waals surface area contributed by atoms with Crippen LogP contribution in [0.1, 0.15) is 0 Å². The molecular weight excluding hydrogens is 314 g/mol. The first kappa shape index (κ1) is 16.6. The maximum atomic E-state index is 9.78. The second-order valence-corrected chi connectivity index (χ2v) is 5.99. The van der Waals surface area contributed by atoms with Gasteiger partial charge in [-0.25, -0.2) is 4.98 Å². The Hall–Kier alpha value is -3.21. The van der Waals surface area contributed by atoms with E-state index in [0.29, 0.717) is 11.6 Å². The van der Waals surface area contributed by atoms with E-state index in [-0.39, 0.29) is 5.75 Å². The summed E-state index contributed by atoms with van der Waals surface area (Å²) < 4.78 is 5.19. The number of methoxy groups -OCH3 is 1. The number of hydrogen-bond acceptors (Lipinski definition) is 5. The summed E-state index contributed by atoms with van der Waals surface area (Å²) in [5.74, 6) is 1.00. The van der Waals surface area contributed by atoms with E-state index in [1.54, 1.807) is 18.3 Å². The van der Waals surface area contributed by atoms with Gasteiger partial charge in [-0.2, -0.15) is 0 Å². The highest BCUT2D eigenvalue weighted by Crippen LogP contribution is 2.34. The van der Waals surface area contributed by atoms with Gasteiger partial charge < -0.3 is 20.5 Å². The summed E-state index contributed by atoms with van der Waals surface area (Å²) in [7, 11) is 5.53. The quantitative estimate of drug-likeness (QED) is 0.759. The van der Waals surface area contributed by atoms with E-state index in [9.17, 15) is 5.11 Å². The Kier molecular flexibility index (Phi) is 4.48. The van der Waals surface area contributed by atoms with Gasteiger partial charge in [0, 0.05) is 37.1 Å². The molecule has 5 nitrogen and oxygen atoms in total. The molecule has 0 atom stereocenters. The molecule has 0 saturated carbocycles. The van der Waals surface area contributed by atoms with Crippen molar-refractivity contribution in [3.05, 3.63) is 54.7 Å². The fraction of sp³-hybridized carbons (Fsp3) is 0.150. The van der Waals surface area contributed by atoms with Crippen molar-refractivity contribution in [2.75, 3.05) is 31.8 Å². The van der Waals surface area contributed by atoms with Gasteiger partial charge in [0.05, 0.1) is 7.11 Å². The predicted octanol–water partition coefficient (Wildman–Crippen LogP) is 3.78. The lowest BCUT2D eigenvalue weighted by molar-refractivity contribution is 0.373. The number of pyridine rings is 1. The molecule has 1 heterocycles. The topological polar surface area (TPSA) is 71.6 Å². The van der Waals surface area contributed by atoms with Crippen molar-refractivity contribution >= 4 is 11.5 Å². The SMILES string of the molecule is COc1cc(-c2cnc(N)c(-c3cccc(N(C)C)c3)c2)ccc1O. The summed E-state index contributed by atoms with van der Waals surface area (Å²) in [6.07, 6.45) is 1.72. The van der Waals surface area contributed by atoms with Crippen LogP contribution in [0.4, 0.5) is 11.5 Å². The molecule has 3 aromatic rings. The summed E-state index contributed by atoms with van der Waals surface area (Å²) in [5, 5.41) is 9.78. The van der Waals surface area contributed by atoms with Gasteiger partial charge in [-0.15, -0.1) is 0 Å². The third-order valence-electron chi connectivity index (χ3n) is 4.11. The summed E-state index contributed by atoms with van der Waals surface area (Å²) in [4.78, 5) is 6.39. The number of rotatable bonds is 4. The summed E-state index contributed by atoms with van der Waals surface area (Å²) >= 11 is 0. The van der Waals surface area contributed by atoms with Crippen molar-refractivity contribution in [3.8, 4) is 33.8 Å². The fourth-order valence-corrected chi connectivity index (χ4v) is 2.67. The van der Waals surface area contributed by atoms with Crippen LogP contribution in [0.5, 0.6) is 11.5 Å². The number of anilines is 2. The maximum absolute atomic E-state index is 9.78. The monoisotopic (exact) mass is 335 g/mol. The number of aromatic hydroxyl groups is 1. The number of nitrogens with zero attached hydrogens (tertiary/aromatic N) is 2. The molecule has 0 aliphatic carbocycles. The zero-order valence-electron chi connectivity index (χ0n) is 14.5. The van der Waals surface area contributed by atoms with E-state index in [0.717, 1.165) is 27.9 Å². The molecule has 2 aromatic carbocycles. The predicted molar refractivity (Wildman–Crippen MR) is 102 cm³/mol. The zero-order valence-corrected chi connectivity index (χ0v) is 14.5. The van der Waals surface area contributed by atoms with Crippen molar-refractivity contribution in [1.29, 1.82) is 0 Å². The van der Waals surface area contributed by atoms with Crippen molar-refractivity contribution in [1.82, 2.24) is 4.98 Å². The highest BCUT2D eigenvalue weighted by molar-refractivity contribution is 5.81. The standard InChI is InChI=1S/C20H21N3O2/c1-23(2)16-6-4-5-14(9-16)17-10-15(12-22-20(17)21)13-7-8-18(24)19(11-13)25-3/h4-12,24H,1-3H3,(H2,21,22). The molecule has 1 aromatic heterocycles. The molecule has 128 valence electrons. The molecule has 25 heavy (non-hydrogen) atoms. The first-order valence-electron chi connectivity index (χ1n) is 7.90. The molecule has 0 bridgehead atoms. The fourth-order valence-electron chi connectivity index (χ4n) is 2.67. The van der Waals surface area contributed by atoms with Crippen molar-refractivity contribution in [2.45, 2.75) is 0 Å². The maximum Gasteiger partial charge on any atom is 0.161 e. The highest BCUT2D eigenvalue weighted by atomic mass is 16.5. The molecule has 0 amide bonds. The van der Waals surface area contributed by atoms with E-state index < -0.39 is 0 Å². The zero-order chi connectivity index (χ0) is 18.0. The lowest BCUT2D eigenvalue weighted by Crippen LogP contribution is -2.08. The third kappa shape index (κ3) is 3.35. The number of phenols is 1. The molecule has 0 fully saturated rings. The van der Waals surface area contributed by atoms with E-state index in [4.69, 9.17) is 10.5 Å². The number of ether oxygens (including phenoxy) is 1. The van der Waals surface area contributed by atoms with Crippen LogP contribution < -0.4 is 15.4 Å². The number of nitrogens with two attached hydrogens (primary N) is 1. The van der Waals surface area contributed by atoms with E-state index in [1.165, 1.54) is 7.11 Å². The Morgan fingerprint density at radius 2 is 1.80 bits per heavy atom. The minimum Gasteiger partial charge on any atom is -0.504 e. The van der Waals surface area contributed by atoms with E-state index in [2.05, 4.69) is 11.1 Å². The number of nitrogen functional groups attached to an aromatic ring is 1. The molecule has 3 rings (SSSR count). The summed E-state index contributed by atoms with van der Waals surface area (Å²) in [5.41, 5.74) is 10.9. The second-order valence-electron chi connectivity index (χ2n) is 5.99. The van der Waals surface area contributed by atoms with Crippen LogP contribution in [0.25, 0.3) is 22.3 Å². The molecule has 0 radical (unpaired) electrons. The van der Waals surface area contributed by atoms with E-state index in [1.807, 2.05) is 49.3 Å². The van der Waals surface area contributed by atoms with Gasteiger partial charge in [0.25, 0.3) is 0 Å². The van der Waals surface area contributed by atoms with Gasteiger partial charge in [0.15, 0.2) is 11.5 Å². The molecule has 3 N–H and O–H groups in total. The van der Waals surface area contributed by atoms with E-state index >= 15 is 0 Å². The van der Waals surface area contributed by atoms with Crippen LogP contribution in [0, 0.1) is 0 Å². The van der Waals surface area contributed by atoms with Crippen molar-refractivity contribution in [3.63, 3.8) is 0 Å². The van der Waals surface area contributed by atoms with Gasteiger partial charge in [0.2, 0.25) is 0 Å². The van der Waals surface area contributed by atoms with Crippen molar-refractivity contribution in [2.24, 2.45) is 0 Å². The molecule has 0 spiro atoms. The number of hydrogen-bond donors (Lipinski definition) is 2. The van der Waals surface area contributed by atoms with Crippen molar-refractivity contribution < 1.29 is 9.84 Å². The Morgan fingerprint density at radius 3 is 2.52 bits per heavy atom. The summed E-state index contributed by atoms with van der Waals surface area (Å²) in [6, 6.07) is 15.4. The van der Waals surface area contributed by atoms with Gasteiger partial charge in [-0.05, 0) is 41.5 Å². The number of aromatic nitrogens is 1. The number of benzene rings is 2. The lowest BCUT2D eigenvalue weighted by Gasteiger charge is -2.15. The van der Waals surface area contributed by atoms with Gasteiger partial charge >= 0.3 is 0 Å².